The molecule has 0 unspecified atom stereocenters. The molecule has 3 aromatic heterocycles. The summed E-state index contributed by atoms with van der Waals surface area (Å²) >= 11 is 1.49. The number of rotatable bonds is 8. The lowest BCUT2D eigenvalue weighted by Gasteiger charge is -2.30. The van der Waals surface area contributed by atoms with Crippen LogP contribution in [0, 0.1) is 18.8 Å². The van der Waals surface area contributed by atoms with E-state index in [0.717, 1.165) is 23.1 Å². The van der Waals surface area contributed by atoms with Crippen LogP contribution < -0.4 is 10.6 Å². The SMILES string of the molecule is Cc1nc(NCC2CCN(S(C)(=O)=O)CC2)nc(N[C@@H]2C[C@H](CO)[C@@H](O)[C@H]2O)c1-c1nc2cnccc2s1. The molecular formula is C24H33N7O5S2. The van der Waals surface area contributed by atoms with Gasteiger partial charge in [-0.25, -0.2) is 22.7 Å². The first-order valence-corrected chi connectivity index (χ1v) is 15.3. The van der Waals surface area contributed by atoms with Crippen molar-refractivity contribution in [3.8, 4) is 10.6 Å². The average Bonchev–Trinajstić information content (AvgIpc) is 3.43. The van der Waals surface area contributed by atoms with Gasteiger partial charge in [0.1, 0.15) is 22.4 Å². The van der Waals surface area contributed by atoms with Crippen LogP contribution in [-0.4, -0.2) is 98.7 Å². The van der Waals surface area contributed by atoms with Gasteiger partial charge in [-0.1, -0.05) is 0 Å². The molecule has 1 aliphatic carbocycles. The maximum absolute atomic E-state index is 11.8. The molecular weight excluding hydrogens is 530 g/mol. The predicted octanol–water partition coefficient (Wildman–Crippen LogP) is 1.05. The lowest BCUT2D eigenvalue weighted by atomic mass is 9.98. The van der Waals surface area contributed by atoms with Crippen molar-refractivity contribution in [2.75, 3.05) is 43.1 Å². The highest BCUT2D eigenvalue weighted by atomic mass is 32.2. The quantitative estimate of drug-likeness (QED) is 0.265. The van der Waals surface area contributed by atoms with E-state index in [4.69, 9.17) is 9.97 Å². The molecule has 5 N–H and O–H groups in total. The van der Waals surface area contributed by atoms with E-state index in [1.165, 1.54) is 21.9 Å². The van der Waals surface area contributed by atoms with Crippen LogP contribution in [0.25, 0.3) is 20.8 Å². The summed E-state index contributed by atoms with van der Waals surface area (Å²) in [7, 11) is -3.18. The number of aromatic nitrogens is 4. The molecule has 38 heavy (non-hydrogen) atoms. The van der Waals surface area contributed by atoms with Crippen LogP contribution >= 0.6 is 11.3 Å². The highest BCUT2D eigenvalue weighted by Gasteiger charge is 2.41. The van der Waals surface area contributed by atoms with Gasteiger partial charge in [0.2, 0.25) is 16.0 Å². The monoisotopic (exact) mass is 563 g/mol. The van der Waals surface area contributed by atoms with Crippen molar-refractivity contribution in [1.82, 2.24) is 24.2 Å². The Bertz CT molecular complexity index is 1360. The number of anilines is 2. The van der Waals surface area contributed by atoms with Gasteiger partial charge < -0.3 is 26.0 Å². The largest absolute Gasteiger partial charge is 0.396 e. The molecule has 0 amide bonds. The van der Waals surface area contributed by atoms with Crippen molar-refractivity contribution in [3.63, 3.8) is 0 Å². The number of fused-ring (bicyclic) bond motifs is 1. The molecule has 1 saturated heterocycles. The summed E-state index contributed by atoms with van der Waals surface area (Å²) < 4.78 is 26.1. The minimum Gasteiger partial charge on any atom is -0.396 e. The molecule has 14 heteroatoms. The Labute approximate surface area is 225 Å². The van der Waals surface area contributed by atoms with Gasteiger partial charge in [0, 0.05) is 38.4 Å². The van der Waals surface area contributed by atoms with Crippen LogP contribution in [0.4, 0.5) is 11.8 Å². The van der Waals surface area contributed by atoms with Crippen molar-refractivity contribution in [2.45, 2.75) is 44.4 Å². The maximum Gasteiger partial charge on any atom is 0.224 e. The first-order valence-electron chi connectivity index (χ1n) is 12.7. The lowest BCUT2D eigenvalue weighted by molar-refractivity contribution is 0.00446. The number of thiazole rings is 1. The second-order valence-electron chi connectivity index (χ2n) is 10.1. The Morgan fingerprint density at radius 2 is 1.92 bits per heavy atom. The standard InChI is InChI=1S/C24H33N7O5S2/c1-13-19(23-29-17-11-25-6-3-18(17)37-23)22(28-16-9-15(12-32)20(33)21(16)34)30-24(27-13)26-10-14-4-7-31(8-5-14)38(2,35)36/h3,6,11,14-16,20-21,32-34H,4-5,7-10,12H2,1-2H3,(H2,26,27,28,30)/t15-,16-,20-,21+/m1/s1. The summed E-state index contributed by atoms with van der Waals surface area (Å²) in [5.74, 6) is 0.738. The summed E-state index contributed by atoms with van der Waals surface area (Å²) in [6.07, 6.45) is 4.43. The number of piperidine rings is 1. The van der Waals surface area contributed by atoms with Crippen LogP contribution in [0.15, 0.2) is 18.5 Å². The molecule has 0 spiro atoms. The van der Waals surface area contributed by atoms with Crippen LogP contribution in [0.2, 0.25) is 0 Å². The first kappa shape index (κ1) is 27.1. The molecule has 5 rings (SSSR count). The fourth-order valence-electron chi connectivity index (χ4n) is 5.20. The number of hydrogen-bond donors (Lipinski definition) is 5. The van der Waals surface area contributed by atoms with E-state index in [1.54, 1.807) is 12.4 Å². The number of hydrogen-bond acceptors (Lipinski definition) is 12. The molecule has 4 heterocycles. The Hall–Kier alpha value is -2.49. The summed E-state index contributed by atoms with van der Waals surface area (Å²) in [6.45, 7) is 3.25. The van der Waals surface area contributed by atoms with Crippen LogP contribution in [0.1, 0.15) is 25.0 Å². The number of sulfonamides is 1. The van der Waals surface area contributed by atoms with Crippen LogP contribution in [0.3, 0.4) is 0 Å². The normalized spacial score (nSPS) is 25.2. The molecule has 0 radical (unpaired) electrons. The number of nitrogens with one attached hydrogen (secondary N) is 2. The molecule has 2 fully saturated rings. The van der Waals surface area contributed by atoms with Crippen molar-refractivity contribution < 1.29 is 23.7 Å². The lowest BCUT2D eigenvalue weighted by Crippen LogP contribution is -2.39. The molecule has 1 aliphatic heterocycles. The van der Waals surface area contributed by atoms with Gasteiger partial charge in [-0.2, -0.15) is 4.98 Å². The molecule has 1 saturated carbocycles. The zero-order valence-corrected chi connectivity index (χ0v) is 22.9. The van der Waals surface area contributed by atoms with Crippen molar-refractivity contribution in [3.05, 3.63) is 24.2 Å². The van der Waals surface area contributed by atoms with E-state index in [9.17, 15) is 23.7 Å². The minimum atomic E-state index is -3.18. The topological polar surface area (TPSA) is 174 Å². The molecule has 12 nitrogen and oxygen atoms in total. The zero-order valence-electron chi connectivity index (χ0n) is 21.3. The number of pyridine rings is 1. The smallest absolute Gasteiger partial charge is 0.224 e. The van der Waals surface area contributed by atoms with Crippen LogP contribution in [-0.2, 0) is 10.0 Å². The average molecular weight is 564 g/mol. The van der Waals surface area contributed by atoms with Crippen molar-refractivity contribution >= 4 is 43.3 Å². The highest BCUT2D eigenvalue weighted by molar-refractivity contribution is 7.88. The highest BCUT2D eigenvalue weighted by Crippen LogP contribution is 2.38. The van der Waals surface area contributed by atoms with Crippen molar-refractivity contribution in [2.24, 2.45) is 11.8 Å². The Morgan fingerprint density at radius 3 is 2.58 bits per heavy atom. The van der Waals surface area contributed by atoms with Gasteiger partial charge in [-0.15, -0.1) is 11.3 Å². The summed E-state index contributed by atoms with van der Waals surface area (Å²) in [4.78, 5) is 18.3. The Balaban J connectivity index is 1.40. The number of aliphatic hydroxyl groups excluding tert-OH is 3. The van der Waals surface area contributed by atoms with E-state index in [1.807, 2.05) is 13.0 Å². The summed E-state index contributed by atoms with van der Waals surface area (Å²) in [6, 6.07) is 1.38. The fraction of sp³-hybridized carbons (Fsp3) is 0.583. The third-order valence-corrected chi connectivity index (χ3v) is 9.80. The van der Waals surface area contributed by atoms with Gasteiger partial charge >= 0.3 is 0 Å². The zero-order chi connectivity index (χ0) is 27.0. The molecule has 206 valence electrons. The van der Waals surface area contributed by atoms with Gasteiger partial charge in [-0.05, 0) is 38.2 Å². The second kappa shape index (κ2) is 10.9. The van der Waals surface area contributed by atoms with Gasteiger partial charge in [-0.3, -0.25) is 4.98 Å². The minimum absolute atomic E-state index is 0.220. The van der Waals surface area contributed by atoms with Gasteiger partial charge in [0.15, 0.2) is 0 Å². The molecule has 2 aliphatic rings. The summed E-state index contributed by atoms with van der Waals surface area (Å²) in [5, 5.41) is 37.9. The number of aliphatic hydroxyl groups is 3. The van der Waals surface area contributed by atoms with Gasteiger partial charge in [0.25, 0.3) is 0 Å². The number of aryl methyl sites for hydroxylation is 1. The second-order valence-corrected chi connectivity index (χ2v) is 13.1. The van der Waals surface area contributed by atoms with Crippen LogP contribution in [0.5, 0.6) is 0 Å². The van der Waals surface area contributed by atoms with E-state index in [-0.39, 0.29) is 12.5 Å². The Kier molecular flexibility index (Phi) is 7.80. The summed E-state index contributed by atoms with van der Waals surface area (Å²) in [5.41, 5.74) is 2.15. The van der Waals surface area contributed by atoms with E-state index >= 15 is 0 Å². The maximum atomic E-state index is 11.8. The molecule has 4 atom stereocenters. The van der Waals surface area contributed by atoms with E-state index < -0.39 is 34.2 Å². The Morgan fingerprint density at radius 1 is 1.16 bits per heavy atom. The van der Waals surface area contributed by atoms with E-state index in [0.29, 0.717) is 54.1 Å². The van der Waals surface area contributed by atoms with Crippen molar-refractivity contribution in [1.29, 1.82) is 0 Å². The molecule has 0 bridgehead atoms. The molecule has 0 aromatic carbocycles. The third-order valence-electron chi connectivity index (χ3n) is 7.44. The first-order chi connectivity index (χ1) is 18.1. The molecule has 3 aromatic rings. The van der Waals surface area contributed by atoms with E-state index in [2.05, 4.69) is 20.6 Å². The third kappa shape index (κ3) is 5.60. The number of nitrogens with zero attached hydrogens (tertiary/aromatic N) is 5. The predicted molar refractivity (Wildman–Crippen MR) is 145 cm³/mol. The van der Waals surface area contributed by atoms with Gasteiger partial charge in [0.05, 0.1) is 40.6 Å². The fourth-order valence-corrected chi connectivity index (χ4v) is 7.11.